The molecule has 4 nitrogen and oxygen atoms in total. The van der Waals surface area contributed by atoms with Crippen molar-refractivity contribution >= 4 is 45.8 Å². The van der Waals surface area contributed by atoms with Crippen molar-refractivity contribution in [2.24, 2.45) is 0 Å². The zero-order valence-electron chi connectivity index (χ0n) is 16.4. The lowest BCUT2D eigenvalue weighted by atomic mass is 10.0. The van der Waals surface area contributed by atoms with E-state index in [9.17, 15) is 23.2 Å². The van der Waals surface area contributed by atoms with Crippen LogP contribution in [0.15, 0.2) is 12.1 Å². The van der Waals surface area contributed by atoms with E-state index >= 15 is 0 Å². The molecule has 1 heterocycles. The molecule has 0 atom stereocenters. The number of benzene rings is 1. The number of aryl methyl sites for hydroxylation is 2. The number of nitrogens with zero attached hydrogens (tertiary/aromatic N) is 1. The van der Waals surface area contributed by atoms with Gasteiger partial charge in [-0.1, -0.05) is 25.4 Å². The summed E-state index contributed by atoms with van der Waals surface area (Å²) in [6.07, 6.45) is -4.64. The molecule has 1 aromatic carbocycles. The third-order valence-electron chi connectivity index (χ3n) is 4.76. The van der Waals surface area contributed by atoms with E-state index in [1.54, 1.807) is 0 Å². The van der Waals surface area contributed by atoms with Gasteiger partial charge >= 0.3 is 6.18 Å². The topological polar surface area (TPSA) is 56.0 Å². The Hall–Kier alpha value is -1.55. The van der Waals surface area contributed by atoms with Crippen LogP contribution in [-0.2, 0) is 19.3 Å². The number of carbonyl (C=O) groups excluding carboxylic acids is 1. The molecule has 158 valence electrons. The van der Waals surface area contributed by atoms with Gasteiger partial charge in [-0.25, -0.2) is 0 Å². The Labute approximate surface area is 186 Å². The van der Waals surface area contributed by atoms with Gasteiger partial charge in [-0.2, -0.15) is 17.9 Å². The van der Waals surface area contributed by atoms with Crippen molar-refractivity contribution < 1.29 is 22.7 Å². The molecule has 9 heteroatoms. The first-order valence-electron chi connectivity index (χ1n) is 9.01. The molecule has 0 fully saturated rings. The number of alkyl halides is 3. The molecule has 0 saturated carbocycles. The predicted octanol–water partition coefficient (Wildman–Crippen LogP) is 5.68. The Morgan fingerprint density at radius 1 is 1.17 bits per heavy atom. The molecular weight excluding hydrogens is 520 g/mol. The van der Waals surface area contributed by atoms with Crippen molar-refractivity contribution in [3.63, 3.8) is 0 Å². The molecule has 2 rings (SSSR count). The van der Waals surface area contributed by atoms with E-state index in [0.29, 0.717) is 23.3 Å². The van der Waals surface area contributed by atoms with Crippen molar-refractivity contribution in [2.75, 3.05) is 5.32 Å². The van der Waals surface area contributed by atoms with E-state index in [-0.39, 0.29) is 27.5 Å². The van der Waals surface area contributed by atoms with Crippen molar-refractivity contribution in [2.45, 2.75) is 53.1 Å². The lowest BCUT2D eigenvalue weighted by Gasteiger charge is -2.19. The van der Waals surface area contributed by atoms with Crippen molar-refractivity contribution in [3.05, 3.63) is 59.6 Å². The average Bonchev–Trinajstić information content (AvgIpc) is 2.63. The first-order valence-corrected chi connectivity index (χ1v) is 10.5. The van der Waals surface area contributed by atoms with Gasteiger partial charge in [-0.05, 0) is 58.7 Å². The fourth-order valence-electron chi connectivity index (χ4n) is 3.23. The van der Waals surface area contributed by atoms with Gasteiger partial charge in [0.05, 0.1) is 11.4 Å². The molecule has 0 radical (unpaired) electrons. The van der Waals surface area contributed by atoms with Gasteiger partial charge in [-0.3, -0.25) is 4.79 Å². The van der Waals surface area contributed by atoms with Crippen LogP contribution in [0.25, 0.3) is 0 Å². The zero-order chi connectivity index (χ0) is 22.1. The minimum absolute atomic E-state index is 0.0440. The number of pyridine rings is 1. The van der Waals surface area contributed by atoms with Crippen LogP contribution >= 0.6 is 34.2 Å². The highest BCUT2D eigenvalue weighted by molar-refractivity contribution is 14.1. The Balaban J connectivity index is 2.60. The number of anilines is 1. The molecular formula is C20H21ClF3IN2O2. The van der Waals surface area contributed by atoms with Crippen LogP contribution in [0.4, 0.5) is 18.9 Å². The first-order chi connectivity index (χ1) is 13.4. The maximum atomic E-state index is 13.0. The smallest absolute Gasteiger partial charge is 0.393 e. The summed E-state index contributed by atoms with van der Waals surface area (Å²) in [6.45, 7) is 6.51. The average molecular weight is 541 g/mol. The number of nitrogens with one attached hydrogen (secondary N) is 1. The molecule has 1 aromatic heterocycles. The normalized spacial score (nSPS) is 11.6. The predicted molar refractivity (Wildman–Crippen MR) is 116 cm³/mol. The fourth-order valence-corrected chi connectivity index (χ4v) is 4.41. The summed E-state index contributed by atoms with van der Waals surface area (Å²) in [5, 5.41) is 14.8. The van der Waals surface area contributed by atoms with Gasteiger partial charge < -0.3 is 10.5 Å². The van der Waals surface area contributed by atoms with E-state index in [2.05, 4.69) is 27.9 Å². The van der Waals surface area contributed by atoms with Gasteiger partial charge in [-0.15, -0.1) is 0 Å². The zero-order valence-corrected chi connectivity index (χ0v) is 19.3. The lowest BCUT2D eigenvalue weighted by Crippen LogP contribution is -2.39. The van der Waals surface area contributed by atoms with Gasteiger partial charge in [0.2, 0.25) is 5.69 Å². The monoisotopic (exact) mass is 540 g/mol. The van der Waals surface area contributed by atoms with E-state index in [0.717, 1.165) is 14.7 Å². The lowest BCUT2D eigenvalue weighted by molar-refractivity contribution is -0.619. The second-order valence-electron chi connectivity index (χ2n) is 6.68. The maximum Gasteiger partial charge on any atom is 0.393 e. The molecule has 0 aliphatic rings. The minimum Gasteiger partial charge on any atom is -0.618 e. The van der Waals surface area contributed by atoms with Crippen LogP contribution in [-0.4, -0.2) is 12.1 Å². The molecule has 1 N–H and O–H groups in total. The van der Waals surface area contributed by atoms with Gasteiger partial charge in [0.1, 0.15) is 5.56 Å². The highest BCUT2D eigenvalue weighted by Crippen LogP contribution is 2.32. The minimum atomic E-state index is -4.56. The first kappa shape index (κ1) is 23.7. The summed E-state index contributed by atoms with van der Waals surface area (Å²) in [7, 11) is 0. The Bertz CT molecular complexity index is 937. The molecule has 2 aromatic rings. The summed E-state index contributed by atoms with van der Waals surface area (Å²) < 4.78 is 40.3. The molecule has 0 bridgehead atoms. The molecule has 0 spiro atoms. The third kappa shape index (κ3) is 5.14. The Morgan fingerprint density at radius 3 is 2.14 bits per heavy atom. The number of aromatic nitrogens is 1. The van der Waals surface area contributed by atoms with E-state index in [1.165, 1.54) is 13.8 Å². The molecule has 0 aliphatic carbocycles. The summed E-state index contributed by atoms with van der Waals surface area (Å²) in [4.78, 5) is 13.0. The highest BCUT2D eigenvalue weighted by atomic mass is 127. The number of rotatable bonds is 5. The van der Waals surface area contributed by atoms with Gasteiger partial charge in [0.15, 0.2) is 5.69 Å². The van der Waals surface area contributed by atoms with Crippen LogP contribution < -0.4 is 10.0 Å². The molecule has 29 heavy (non-hydrogen) atoms. The number of halogens is 5. The number of hydrogen-bond acceptors (Lipinski definition) is 2. The fraction of sp³-hybridized carbons (Fsp3) is 0.400. The molecule has 0 aliphatic heterocycles. The van der Waals surface area contributed by atoms with Crippen LogP contribution in [0.1, 0.15) is 52.3 Å². The largest absolute Gasteiger partial charge is 0.618 e. The van der Waals surface area contributed by atoms with Crippen molar-refractivity contribution in [3.8, 4) is 0 Å². The van der Waals surface area contributed by atoms with E-state index in [4.69, 9.17) is 11.6 Å². The summed E-state index contributed by atoms with van der Waals surface area (Å²) in [6, 6.07) is 3.86. The molecule has 0 unspecified atom stereocenters. The van der Waals surface area contributed by atoms with Gasteiger partial charge in [0, 0.05) is 28.7 Å². The van der Waals surface area contributed by atoms with Crippen molar-refractivity contribution in [1.82, 2.24) is 0 Å². The SMILES string of the molecule is CCc1cc(I)cc(CC)c1NC(=O)c1c(Cl)c(CC(F)(F)F)c(C)[n+]([O-])c1C. The maximum absolute atomic E-state index is 13.0. The third-order valence-corrected chi connectivity index (χ3v) is 5.80. The quantitative estimate of drug-likeness (QED) is 0.302. The van der Waals surface area contributed by atoms with Crippen LogP contribution in [0.3, 0.4) is 0 Å². The second kappa shape index (κ2) is 9.07. The Morgan fingerprint density at radius 2 is 1.69 bits per heavy atom. The van der Waals surface area contributed by atoms with Crippen LogP contribution in [0.5, 0.6) is 0 Å². The summed E-state index contributed by atoms with van der Waals surface area (Å²) in [5.74, 6) is -0.703. The highest BCUT2D eigenvalue weighted by Gasteiger charge is 2.35. The van der Waals surface area contributed by atoms with Crippen LogP contribution in [0.2, 0.25) is 5.02 Å². The Kier molecular flexibility index (Phi) is 7.42. The molecule has 1 amide bonds. The number of hydrogen-bond donors (Lipinski definition) is 1. The van der Waals surface area contributed by atoms with E-state index < -0.39 is 18.5 Å². The van der Waals surface area contributed by atoms with Gasteiger partial charge in [0.25, 0.3) is 5.91 Å². The summed E-state index contributed by atoms with van der Waals surface area (Å²) >= 11 is 8.41. The summed E-state index contributed by atoms with van der Waals surface area (Å²) in [5.41, 5.74) is 1.55. The molecule has 0 saturated heterocycles. The van der Waals surface area contributed by atoms with Crippen molar-refractivity contribution in [1.29, 1.82) is 0 Å². The second-order valence-corrected chi connectivity index (χ2v) is 8.31. The van der Waals surface area contributed by atoms with E-state index in [1.807, 2.05) is 26.0 Å². The standard InChI is InChI=1S/C20H21ClF3IN2O2/c1-5-12-7-14(25)8-13(6-2)18(12)26-19(28)16-11(4)27(29)10(3)15(17(16)21)9-20(22,23)24/h7-8H,5-6,9H2,1-4H3,(H,26,28). The number of amides is 1. The van der Waals surface area contributed by atoms with Crippen LogP contribution in [0, 0.1) is 22.6 Å². The number of carbonyl (C=O) groups is 1.